The van der Waals surface area contributed by atoms with Gasteiger partial charge in [0.1, 0.15) is 0 Å². The fraction of sp³-hybridized carbons (Fsp3) is 1.00. The van der Waals surface area contributed by atoms with Gasteiger partial charge in [-0.1, -0.05) is 6.92 Å². The molecule has 0 saturated heterocycles. The van der Waals surface area contributed by atoms with Crippen LogP contribution in [-0.4, -0.2) is 17.6 Å². The molecule has 5 nitrogen and oxygen atoms in total. The molecule has 74 valence electrons. The van der Waals surface area contributed by atoms with Crippen molar-refractivity contribution in [1.29, 1.82) is 0 Å². The van der Waals surface area contributed by atoms with Gasteiger partial charge in [0, 0.05) is 0 Å². The van der Waals surface area contributed by atoms with Crippen LogP contribution in [0, 0.1) is 0 Å². The van der Waals surface area contributed by atoms with Gasteiger partial charge in [-0.2, -0.15) is 0 Å². The molecule has 0 rings (SSSR count). The molecule has 0 spiro atoms. The normalized spacial score (nSPS) is 18.7. The predicted octanol–water partition coefficient (Wildman–Crippen LogP) is 1.87. The molecule has 1 N–H and O–H groups in total. The summed E-state index contributed by atoms with van der Waals surface area (Å²) < 4.78 is 19.4. The SMILES string of the molecule is CCOP(=O)(O)OOC(C)CC. The first-order valence-electron chi connectivity index (χ1n) is 3.84. The highest BCUT2D eigenvalue weighted by Gasteiger charge is 2.22. The third-order valence-electron chi connectivity index (χ3n) is 1.17. The van der Waals surface area contributed by atoms with Gasteiger partial charge < -0.3 is 4.89 Å². The molecule has 0 fully saturated rings. The third kappa shape index (κ3) is 5.69. The van der Waals surface area contributed by atoms with Crippen LogP contribution in [0.3, 0.4) is 0 Å². The van der Waals surface area contributed by atoms with Crippen LogP contribution in [0.5, 0.6) is 0 Å². The van der Waals surface area contributed by atoms with Crippen molar-refractivity contribution in [3.8, 4) is 0 Å². The quantitative estimate of drug-likeness (QED) is 0.401. The van der Waals surface area contributed by atoms with Gasteiger partial charge in [-0.25, -0.2) is 9.45 Å². The van der Waals surface area contributed by atoms with Gasteiger partial charge in [0.25, 0.3) is 0 Å². The van der Waals surface area contributed by atoms with E-state index in [9.17, 15) is 4.57 Å². The first-order valence-corrected chi connectivity index (χ1v) is 5.33. The maximum Gasteiger partial charge on any atom is 0.499 e. The van der Waals surface area contributed by atoms with E-state index in [4.69, 9.17) is 4.89 Å². The summed E-state index contributed by atoms with van der Waals surface area (Å²) in [6.07, 6.45) is 0.484. The van der Waals surface area contributed by atoms with E-state index in [1.165, 1.54) is 0 Å². The van der Waals surface area contributed by atoms with Crippen molar-refractivity contribution in [3.63, 3.8) is 0 Å². The summed E-state index contributed by atoms with van der Waals surface area (Å²) in [5.41, 5.74) is 0. The number of hydrogen-bond acceptors (Lipinski definition) is 4. The number of phosphoric ester groups is 1. The second kappa shape index (κ2) is 5.67. The Morgan fingerprint density at radius 3 is 2.50 bits per heavy atom. The largest absolute Gasteiger partial charge is 0.499 e. The summed E-state index contributed by atoms with van der Waals surface area (Å²) in [6.45, 7) is 5.30. The molecule has 0 aromatic rings. The van der Waals surface area contributed by atoms with Gasteiger partial charge >= 0.3 is 7.82 Å². The topological polar surface area (TPSA) is 65.0 Å². The van der Waals surface area contributed by atoms with Gasteiger partial charge in [0.05, 0.1) is 12.7 Å². The zero-order chi connectivity index (χ0) is 9.61. The van der Waals surface area contributed by atoms with Crippen molar-refractivity contribution in [2.45, 2.75) is 33.3 Å². The van der Waals surface area contributed by atoms with E-state index in [0.29, 0.717) is 6.42 Å². The Morgan fingerprint density at radius 1 is 1.50 bits per heavy atom. The summed E-state index contributed by atoms with van der Waals surface area (Å²) in [4.78, 5) is 13.4. The summed E-state index contributed by atoms with van der Waals surface area (Å²) in [7, 11) is -3.98. The molecular formula is C6H15O5P. The molecule has 0 bridgehead atoms. The lowest BCUT2D eigenvalue weighted by molar-refractivity contribution is -0.255. The molecule has 0 radical (unpaired) electrons. The van der Waals surface area contributed by atoms with Gasteiger partial charge in [0.2, 0.25) is 0 Å². The van der Waals surface area contributed by atoms with Crippen LogP contribution in [0.25, 0.3) is 0 Å². The van der Waals surface area contributed by atoms with Crippen LogP contribution in [0.4, 0.5) is 0 Å². The van der Waals surface area contributed by atoms with E-state index in [2.05, 4.69) is 14.1 Å². The molecule has 0 amide bonds. The van der Waals surface area contributed by atoms with Crippen molar-refractivity contribution in [2.75, 3.05) is 6.61 Å². The summed E-state index contributed by atoms with van der Waals surface area (Å²) >= 11 is 0. The Bertz CT molecular complexity index is 160. The fourth-order valence-electron chi connectivity index (χ4n) is 0.381. The predicted molar refractivity (Wildman–Crippen MR) is 43.4 cm³/mol. The third-order valence-corrected chi connectivity index (χ3v) is 2.03. The lowest BCUT2D eigenvalue weighted by atomic mass is 10.3. The van der Waals surface area contributed by atoms with Crippen LogP contribution in [0.1, 0.15) is 27.2 Å². The molecule has 0 aromatic carbocycles. The Hall–Kier alpha value is 0.0700. The number of rotatable bonds is 6. The van der Waals surface area contributed by atoms with Crippen LogP contribution in [-0.2, 0) is 18.7 Å². The molecular weight excluding hydrogens is 183 g/mol. The number of phosphoric acid groups is 1. The Balaban J connectivity index is 3.67. The number of hydrogen-bond donors (Lipinski definition) is 1. The van der Waals surface area contributed by atoms with Crippen molar-refractivity contribution in [3.05, 3.63) is 0 Å². The highest BCUT2D eigenvalue weighted by molar-refractivity contribution is 7.47. The lowest BCUT2D eigenvalue weighted by Crippen LogP contribution is -2.06. The Labute approximate surface area is 72.2 Å². The molecule has 0 saturated carbocycles. The molecule has 0 aliphatic rings. The minimum Gasteiger partial charge on any atom is -0.301 e. The highest BCUT2D eigenvalue weighted by Crippen LogP contribution is 2.43. The van der Waals surface area contributed by atoms with E-state index >= 15 is 0 Å². The lowest BCUT2D eigenvalue weighted by Gasteiger charge is -2.12. The van der Waals surface area contributed by atoms with Crippen molar-refractivity contribution >= 4 is 7.82 Å². The summed E-state index contributed by atoms with van der Waals surface area (Å²) in [6, 6.07) is 0. The molecule has 0 aliphatic carbocycles. The van der Waals surface area contributed by atoms with Crippen LogP contribution in [0.2, 0.25) is 0 Å². The van der Waals surface area contributed by atoms with Gasteiger partial charge in [0.15, 0.2) is 0 Å². The van der Waals surface area contributed by atoms with Crippen molar-refractivity contribution in [1.82, 2.24) is 0 Å². The first-order chi connectivity index (χ1) is 5.52. The van der Waals surface area contributed by atoms with Crippen LogP contribution < -0.4 is 0 Å². The smallest absolute Gasteiger partial charge is 0.301 e. The van der Waals surface area contributed by atoms with E-state index in [1.54, 1.807) is 13.8 Å². The molecule has 6 heteroatoms. The van der Waals surface area contributed by atoms with Crippen LogP contribution >= 0.6 is 7.82 Å². The van der Waals surface area contributed by atoms with Gasteiger partial charge in [-0.3, -0.25) is 4.52 Å². The van der Waals surface area contributed by atoms with Crippen molar-refractivity contribution in [2.24, 2.45) is 0 Å². The standard InChI is InChI=1S/C6H15O5P/c1-4-6(3)10-11-12(7,8)9-5-2/h6H,4-5H2,1-3H3,(H,7,8). The zero-order valence-electron chi connectivity index (χ0n) is 7.52. The molecule has 0 heterocycles. The van der Waals surface area contributed by atoms with E-state index in [1.807, 2.05) is 6.92 Å². The van der Waals surface area contributed by atoms with Gasteiger partial charge in [-0.15, -0.1) is 4.67 Å². The maximum absolute atomic E-state index is 10.8. The van der Waals surface area contributed by atoms with E-state index in [-0.39, 0.29) is 12.7 Å². The molecule has 0 aliphatic heterocycles. The fourth-order valence-corrected chi connectivity index (χ4v) is 1.01. The maximum atomic E-state index is 10.8. The summed E-state index contributed by atoms with van der Waals surface area (Å²) in [5.74, 6) is 0. The first kappa shape index (κ1) is 12.1. The summed E-state index contributed by atoms with van der Waals surface area (Å²) in [5, 5.41) is 0. The van der Waals surface area contributed by atoms with E-state index in [0.717, 1.165) is 0 Å². The van der Waals surface area contributed by atoms with Crippen molar-refractivity contribution < 1.29 is 23.5 Å². The second-order valence-corrected chi connectivity index (χ2v) is 3.62. The van der Waals surface area contributed by atoms with Crippen LogP contribution in [0.15, 0.2) is 0 Å². The minimum atomic E-state index is -3.98. The molecule has 2 atom stereocenters. The van der Waals surface area contributed by atoms with E-state index < -0.39 is 7.82 Å². The Morgan fingerprint density at radius 2 is 2.08 bits per heavy atom. The monoisotopic (exact) mass is 198 g/mol. The van der Waals surface area contributed by atoms with Gasteiger partial charge in [-0.05, 0) is 20.3 Å². The molecule has 2 unspecified atom stereocenters. The average molecular weight is 198 g/mol. The molecule has 12 heavy (non-hydrogen) atoms. The second-order valence-electron chi connectivity index (χ2n) is 2.28. The zero-order valence-corrected chi connectivity index (χ0v) is 8.41. The average Bonchev–Trinajstić information content (AvgIpc) is 2.00. The minimum absolute atomic E-state index is 0.109. The molecule has 0 aromatic heterocycles. The Kier molecular flexibility index (Phi) is 5.70. The highest BCUT2D eigenvalue weighted by atomic mass is 31.2.